The second-order valence-corrected chi connectivity index (χ2v) is 10.2. The van der Waals surface area contributed by atoms with E-state index in [4.69, 9.17) is 23.2 Å². The molecule has 2 aromatic rings. The van der Waals surface area contributed by atoms with Gasteiger partial charge >= 0.3 is 0 Å². The summed E-state index contributed by atoms with van der Waals surface area (Å²) in [5, 5.41) is 16.2. The molecule has 2 heterocycles. The molecule has 10 heteroatoms. The first kappa shape index (κ1) is 26.3. The average Bonchev–Trinajstić information content (AvgIpc) is 3.35. The number of piperidine rings is 1. The van der Waals surface area contributed by atoms with Crippen molar-refractivity contribution in [1.82, 2.24) is 15.1 Å². The third-order valence-corrected chi connectivity index (χ3v) is 7.67. The van der Waals surface area contributed by atoms with Crippen LogP contribution in [0.4, 0.5) is 5.69 Å². The molecule has 0 radical (unpaired) electrons. The number of carbonyl (C=O) groups is 3. The van der Waals surface area contributed by atoms with Crippen molar-refractivity contribution in [2.24, 2.45) is 0 Å². The number of rotatable bonds is 6. The Labute approximate surface area is 220 Å². The van der Waals surface area contributed by atoms with Crippen molar-refractivity contribution in [3.05, 3.63) is 57.6 Å². The van der Waals surface area contributed by atoms with E-state index in [0.29, 0.717) is 23.7 Å². The van der Waals surface area contributed by atoms with Crippen LogP contribution in [-0.4, -0.2) is 71.4 Å². The summed E-state index contributed by atoms with van der Waals surface area (Å²) in [7, 11) is 0. The Morgan fingerprint density at radius 2 is 1.75 bits per heavy atom. The SMILES string of the molecule is CC(=O)Nc1ccc(O)cc1C1CCN(C2CCN(C(=O)CNC(=O)c3ccc(Cl)c(Cl)c3)C2)CC1. The van der Waals surface area contributed by atoms with Gasteiger partial charge in [0.05, 0.1) is 16.6 Å². The zero-order chi connectivity index (χ0) is 25.8. The van der Waals surface area contributed by atoms with Crippen LogP contribution in [0.5, 0.6) is 5.75 Å². The Morgan fingerprint density at radius 1 is 1.00 bits per heavy atom. The molecule has 3 amide bonds. The molecule has 0 aliphatic carbocycles. The van der Waals surface area contributed by atoms with Gasteiger partial charge in [-0.15, -0.1) is 0 Å². The third-order valence-electron chi connectivity index (χ3n) is 6.93. The molecule has 1 unspecified atom stereocenters. The van der Waals surface area contributed by atoms with Gasteiger partial charge in [-0.3, -0.25) is 19.3 Å². The Bertz CT molecular complexity index is 1150. The number of nitrogens with one attached hydrogen (secondary N) is 2. The molecule has 2 aliphatic heterocycles. The third kappa shape index (κ3) is 6.30. The van der Waals surface area contributed by atoms with Crippen LogP contribution in [0.25, 0.3) is 0 Å². The van der Waals surface area contributed by atoms with Crippen molar-refractivity contribution in [1.29, 1.82) is 0 Å². The number of phenolic OH excluding ortho intramolecular Hbond substituents is 1. The summed E-state index contributed by atoms with van der Waals surface area (Å²) in [6.45, 7) is 4.45. The maximum absolute atomic E-state index is 12.7. The van der Waals surface area contributed by atoms with E-state index in [-0.39, 0.29) is 47.0 Å². The van der Waals surface area contributed by atoms with Crippen molar-refractivity contribution in [3.63, 3.8) is 0 Å². The van der Waals surface area contributed by atoms with Crippen LogP contribution in [-0.2, 0) is 9.59 Å². The molecule has 192 valence electrons. The monoisotopic (exact) mass is 532 g/mol. The highest BCUT2D eigenvalue weighted by Crippen LogP contribution is 2.36. The maximum Gasteiger partial charge on any atom is 0.251 e. The summed E-state index contributed by atoms with van der Waals surface area (Å²) in [4.78, 5) is 40.9. The van der Waals surface area contributed by atoms with Crippen LogP contribution >= 0.6 is 23.2 Å². The zero-order valence-corrected chi connectivity index (χ0v) is 21.6. The van der Waals surface area contributed by atoms with Crippen LogP contribution in [0.1, 0.15) is 48.0 Å². The number of amides is 3. The van der Waals surface area contributed by atoms with Crippen LogP contribution in [0.2, 0.25) is 10.0 Å². The van der Waals surface area contributed by atoms with Gasteiger partial charge in [0.1, 0.15) is 5.75 Å². The largest absolute Gasteiger partial charge is 0.508 e. The van der Waals surface area contributed by atoms with Gasteiger partial charge in [0.25, 0.3) is 5.91 Å². The average molecular weight is 533 g/mol. The number of aromatic hydroxyl groups is 1. The lowest BCUT2D eigenvalue weighted by atomic mass is 9.87. The standard InChI is InChI=1S/C26H30Cl2N4O4/c1-16(33)30-24-5-3-20(34)13-21(24)17-6-9-31(10-7-17)19-8-11-32(15-19)25(35)14-29-26(36)18-2-4-22(27)23(28)12-18/h2-5,12-13,17,19,34H,6-11,14-15H2,1H3,(H,29,36)(H,30,33). The first-order chi connectivity index (χ1) is 17.2. The van der Waals surface area contributed by atoms with Crippen molar-refractivity contribution >= 4 is 46.6 Å². The van der Waals surface area contributed by atoms with Crippen molar-refractivity contribution in [3.8, 4) is 5.75 Å². The predicted octanol–water partition coefficient (Wildman–Crippen LogP) is 3.87. The topological polar surface area (TPSA) is 102 Å². The minimum atomic E-state index is -0.370. The number of likely N-dealkylation sites (tertiary alicyclic amines) is 2. The Balaban J connectivity index is 1.26. The van der Waals surface area contributed by atoms with E-state index in [1.165, 1.54) is 13.0 Å². The molecule has 0 bridgehead atoms. The lowest BCUT2D eigenvalue weighted by molar-refractivity contribution is -0.129. The van der Waals surface area contributed by atoms with E-state index in [1.54, 1.807) is 35.2 Å². The van der Waals surface area contributed by atoms with E-state index >= 15 is 0 Å². The fourth-order valence-electron chi connectivity index (χ4n) is 5.04. The van der Waals surface area contributed by atoms with Gasteiger partial charge in [-0.1, -0.05) is 23.2 Å². The minimum Gasteiger partial charge on any atom is -0.508 e. The van der Waals surface area contributed by atoms with Crippen molar-refractivity contribution < 1.29 is 19.5 Å². The molecular formula is C26H30Cl2N4O4. The van der Waals surface area contributed by atoms with Crippen LogP contribution in [0.15, 0.2) is 36.4 Å². The minimum absolute atomic E-state index is 0.0721. The molecule has 2 aromatic carbocycles. The van der Waals surface area contributed by atoms with Gasteiger partial charge in [-0.2, -0.15) is 0 Å². The number of halogens is 2. The molecular weight excluding hydrogens is 503 g/mol. The summed E-state index contributed by atoms with van der Waals surface area (Å²) in [6, 6.07) is 9.96. The Hall–Kier alpha value is -2.81. The summed E-state index contributed by atoms with van der Waals surface area (Å²) in [5.74, 6) is -0.183. The smallest absolute Gasteiger partial charge is 0.251 e. The fraction of sp³-hybridized carbons (Fsp3) is 0.423. The summed E-state index contributed by atoms with van der Waals surface area (Å²) in [5.41, 5.74) is 2.07. The molecule has 2 fully saturated rings. The normalized spacial score (nSPS) is 18.8. The molecule has 36 heavy (non-hydrogen) atoms. The first-order valence-electron chi connectivity index (χ1n) is 12.1. The molecule has 0 spiro atoms. The molecule has 2 saturated heterocycles. The number of anilines is 1. The lowest BCUT2D eigenvalue weighted by Gasteiger charge is -2.36. The first-order valence-corrected chi connectivity index (χ1v) is 12.8. The number of phenols is 1. The van der Waals surface area contributed by atoms with E-state index in [1.807, 2.05) is 0 Å². The van der Waals surface area contributed by atoms with E-state index in [9.17, 15) is 19.5 Å². The van der Waals surface area contributed by atoms with Gasteiger partial charge in [-0.05, 0) is 80.2 Å². The zero-order valence-electron chi connectivity index (χ0n) is 20.1. The fourth-order valence-corrected chi connectivity index (χ4v) is 5.34. The summed E-state index contributed by atoms with van der Waals surface area (Å²) in [6.07, 6.45) is 2.70. The molecule has 4 rings (SSSR count). The maximum atomic E-state index is 12.7. The van der Waals surface area contributed by atoms with Gasteiger partial charge in [0.2, 0.25) is 11.8 Å². The Morgan fingerprint density at radius 3 is 2.44 bits per heavy atom. The molecule has 1 atom stereocenters. The summed E-state index contributed by atoms with van der Waals surface area (Å²) < 4.78 is 0. The second-order valence-electron chi connectivity index (χ2n) is 9.36. The highest BCUT2D eigenvalue weighted by Gasteiger charge is 2.33. The van der Waals surface area contributed by atoms with Crippen molar-refractivity contribution in [2.75, 3.05) is 38.0 Å². The molecule has 0 aromatic heterocycles. The van der Waals surface area contributed by atoms with E-state index < -0.39 is 0 Å². The van der Waals surface area contributed by atoms with Crippen LogP contribution < -0.4 is 10.6 Å². The number of hydrogen-bond acceptors (Lipinski definition) is 5. The highest BCUT2D eigenvalue weighted by molar-refractivity contribution is 6.42. The van der Waals surface area contributed by atoms with Gasteiger partial charge < -0.3 is 20.6 Å². The van der Waals surface area contributed by atoms with E-state index in [0.717, 1.165) is 43.6 Å². The van der Waals surface area contributed by atoms with Crippen LogP contribution in [0.3, 0.4) is 0 Å². The second kappa shape index (κ2) is 11.5. The molecule has 0 saturated carbocycles. The summed E-state index contributed by atoms with van der Waals surface area (Å²) >= 11 is 11.9. The lowest BCUT2D eigenvalue weighted by Crippen LogP contribution is -2.44. The molecule has 2 aliphatic rings. The number of carbonyl (C=O) groups excluding carboxylic acids is 3. The quantitative estimate of drug-likeness (QED) is 0.490. The predicted molar refractivity (Wildman–Crippen MR) is 140 cm³/mol. The number of hydrogen-bond donors (Lipinski definition) is 3. The molecule has 8 nitrogen and oxygen atoms in total. The van der Waals surface area contributed by atoms with E-state index in [2.05, 4.69) is 15.5 Å². The Kier molecular flexibility index (Phi) is 8.39. The number of nitrogens with zero attached hydrogens (tertiary/aromatic N) is 2. The van der Waals surface area contributed by atoms with Gasteiger partial charge in [0, 0.05) is 37.3 Å². The number of benzene rings is 2. The highest BCUT2D eigenvalue weighted by atomic mass is 35.5. The van der Waals surface area contributed by atoms with Gasteiger partial charge in [0.15, 0.2) is 0 Å². The van der Waals surface area contributed by atoms with Crippen molar-refractivity contribution in [2.45, 2.75) is 38.1 Å². The van der Waals surface area contributed by atoms with Crippen LogP contribution in [0, 0.1) is 0 Å². The van der Waals surface area contributed by atoms with Gasteiger partial charge in [-0.25, -0.2) is 0 Å². The molecule has 3 N–H and O–H groups in total.